The number of carbonyl (C=O) groups is 2. The van der Waals surface area contributed by atoms with Crippen LogP contribution in [-0.4, -0.2) is 52.0 Å². The first-order chi connectivity index (χ1) is 9.58. The maximum atomic E-state index is 12.4. The maximum absolute atomic E-state index is 12.4. The molecule has 0 unspecified atom stereocenters. The topological polar surface area (TPSA) is 58.4 Å². The van der Waals surface area contributed by atoms with E-state index in [-0.39, 0.29) is 17.7 Å². The molecule has 0 bridgehead atoms. The lowest BCUT2D eigenvalue weighted by molar-refractivity contribution is -0.143. The molecule has 2 amide bonds. The fourth-order valence-electron chi connectivity index (χ4n) is 2.86. The molecule has 2 aliphatic rings. The second-order valence-corrected chi connectivity index (χ2v) is 5.86. The summed E-state index contributed by atoms with van der Waals surface area (Å²) < 4.78 is 1.76. The van der Waals surface area contributed by atoms with Crippen LogP contribution in [0.15, 0.2) is 12.3 Å². The third-order valence-electron chi connectivity index (χ3n) is 4.29. The van der Waals surface area contributed by atoms with E-state index in [1.807, 2.05) is 11.0 Å². The summed E-state index contributed by atoms with van der Waals surface area (Å²) in [6, 6.07) is 1.49. The SMILES string of the molecule is CN(C)C(=O)[C@H]1CN(C(=O)C2CCC2)Cc2ccnn21. The van der Waals surface area contributed by atoms with Crippen molar-refractivity contribution in [2.75, 3.05) is 20.6 Å². The van der Waals surface area contributed by atoms with Crippen molar-refractivity contribution in [3.8, 4) is 0 Å². The summed E-state index contributed by atoms with van der Waals surface area (Å²) in [5.41, 5.74) is 0.934. The van der Waals surface area contributed by atoms with E-state index in [1.54, 1.807) is 29.9 Å². The highest BCUT2D eigenvalue weighted by Gasteiger charge is 2.37. The summed E-state index contributed by atoms with van der Waals surface area (Å²) >= 11 is 0. The van der Waals surface area contributed by atoms with Crippen LogP contribution < -0.4 is 0 Å². The molecule has 6 heteroatoms. The number of amides is 2. The summed E-state index contributed by atoms with van der Waals surface area (Å²) in [4.78, 5) is 28.1. The van der Waals surface area contributed by atoms with E-state index in [2.05, 4.69) is 5.10 Å². The van der Waals surface area contributed by atoms with Gasteiger partial charge in [0, 0.05) is 26.2 Å². The third-order valence-corrected chi connectivity index (χ3v) is 4.29. The number of hydrogen-bond acceptors (Lipinski definition) is 3. The molecule has 3 rings (SSSR count). The first kappa shape index (κ1) is 13.1. The van der Waals surface area contributed by atoms with Crippen LogP contribution in [0.1, 0.15) is 31.0 Å². The van der Waals surface area contributed by atoms with E-state index in [9.17, 15) is 9.59 Å². The number of hydrogen-bond donors (Lipinski definition) is 0. The van der Waals surface area contributed by atoms with Crippen LogP contribution >= 0.6 is 0 Å². The van der Waals surface area contributed by atoms with Gasteiger partial charge in [-0.2, -0.15) is 5.10 Å². The van der Waals surface area contributed by atoms with Crippen LogP contribution in [0.5, 0.6) is 0 Å². The Balaban J connectivity index is 1.84. The second kappa shape index (κ2) is 4.92. The van der Waals surface area contributed by atoms with Gasteiger partial charge in [0.05, 0.1) is 18.8 Å². The summed E-state index contributed by atoms with van der Waals surface area (Å²) in [7, 11) is 3.47. The van der Waals surface area contributed by atoms with Crippen LogP contribution in [0.25, 0.3) is 0 Å². The molecule has 108 valence electrons. The normalized spacial score (nSPS) is 22.1. The highest BCUT2D eigenvalue weighted by atomic mass is 16.2. The van der Waals surface area contributed by atoms with E-state index in [0.717, 1.165) is 25.0 Å². The van der Waals surface area contributed by atoms with Crippen molar-refractivity contribution in [2.24, 2.45) is 5.92 Å². The van der Waals surface area contributed by atoms with Gasteiger partial charge in [-0.1, -0.05) is 6.42 Å². The summed E-state index contributed by atoms with van der Waals surface area (Å²) in [6.45, 7) is 0.994. The lowest BCUT2D eigenvalue weighted by Gasteiger charge is -2.37. The van der Waals surface area contributed by atoms with Gasteiger partial charge in [0.15, 0.2) is 0 Å². The molecular weight excluding hydrogens is 256 g/mol. The molecule has 0 N–H and O–H groups in total. The molecule has 6 nitrogen and oxygen atoms in total. The van der Waals surface area contributed by atoms with Gasteiger partial charge in [0.1, 0.15) is 6.04 Å². The van der Waals surface area contributed by atoms with Crippen molar-refractivity contribution < 1.29 is 9.59 Å². The minimum absolute atomic E-state index is 0.0129. The van der Waals surface area contributed by atoms with Gasteiger partial charge < -0.3 is 9.80 Å². The molecule has 20 heavy (non-hydrogen) atoms. The van der Waals surface area contributed by atoms with Crippen molar-refractivity contribution in [3.63, 3.8) is 0 Å². The number of aromatic nitrogens is 2. The Morgan fingerprint density at radius 1 is 1.35 bits per heavy atom. The molecule has 0 saturated heterocycles. The Hall–Kier alpha value is -1.85. The zero-order valence-corrected chi connectivity index (χ0v) is 12.0. The molecule has 0 spiro atoms. The Labute approximate surface area is 118 Å². The minimum atomic E-state index is -0.396. The monoisotopic (exact) mass is 276 g/mol. The third kappa shape index (κ3) is 2.09. The Morgan fingerprint density at radius 2 is 2.10 bits per heavy atom. The lowest BCUT2D eigenvalue weighted by Crippen LogP contribution is -2.49. The van der Waals surface area contributed by atoms with Crippen LogP contribution in [0, 0.1) is 5.92 Å². The maximum Gasteiger partial charge on any atom is 0.248 e. The number of likely N-dealkylation sites (N-methyl/N-ethyl adjacent to an activating group) is 1. The summed E-state index contributed by atoms with van der Waals surface area (Å²) in [6.07, 6.45) is 4.81. The highest BCUT2D eigenvalue weighted by Crippen LogP contribution is 2.31. The van der Waals surface area contributed by atoms with Crippen molar-refractivity contribution in [3.05, 3.63) is 18.0 Å². The predicted molar refractivity (Wildman–Crippen MR) is 72.7 cm³/mol. The van der Waals surface area contributed by atoms with Crippen molar-refractivity contribution in [2.45, 2.75) is 31.8 Å². The zero-order valence-electron chi connectivity index (χ0n) is 12.0. The van der Waals surface area contributed by atoms with Gasteiger partial charge in [-0.25, -0.2) is 0 Å². The van der Waals surface area contributed by atoms with Gasteiger partial charge in [0.25, 0.3) is 0 Å². The van der Waals surface area contributed by atoms with E-state index >= 15 is 0 Å². The molecule has 1 fully saturated rings. The highest BCUT2D eigenvalue weighted by molar-refractivity contribution is 5.83. The first-order valence-corrected chi connectivity index (χ1v) is 7.10. The Kier molecular flexibility index (Phi) is 3.23. The van der Waals surface area contributed by atoms with Crippen LogP contribution in [0.2, 0.25) is 0 Å². The standard InChI is InChI=1S/C14H20N4O2/c1-16(2)14(20)12-9-17(13(19)10-4-3-5-10)8-11-6-7-15-18(11)12/h6-7,10,12H,3-5,8-9H2,1-2H3/t12-/m1/s1. The van der Waals surface area contributed by atoms with Crippen LogP contribution in [0.3, 0.4) is 0 Å². The molecule has 0 aromatic carbocycles. The summed E-state index contributed by atoms with van der Waals surface area (Å²) in [5, 5.41) is 4.25. The van der Waals surface area contributed by atoms with Crippen LogP contribution in [0.4, 0.5) is 0 Å². The van der Waals surface area contributed by atoms with E-state index in [0.29, 0.717) is 13.1 Å². The second-order valence-electron chi connectivity index (χ2n) is 5.86. The molecule has 1 aliphatic carbocycles. The average Bonchev–Trinajstić information content (AvgIpc) is 2.82. The largest absolute Gasteiger partial charge is 0.347 e. The molecule has 1 atom stereocenters. The summed E-state index contributed by atoms with van der Waals surface area (Å²) in [5.74, 6) is 0.348. The zero-order chi connectivity index (χ0) is 14.3. The van der Waals surface area contributed by atoms with Gasteiger partial charge >= 0.3 is 0 Å². The lowest BCUT2D eigenvalue weighted by atomic mass is 9.84. The molecule has 2 heterocycles. The molecule has 1 aromatic rings. The van der Waals surface area contributed by atoms with Gasteiger partial charge in [-0.3, -0.25) is 14.3 Å². The van der Waals surface area contributed by atoms with Crippen molar-refractivity contribution in [1.82, 2.24) is 19.6 Å². The molecule has 0 radical (unpaired) electrons. The van der Waals surface area contributed by atoms with E-state index < -0.39 is 6.04 Å². The fourth-order valence-corrected chi connectivity index (χ4v) is 2.86. The number of fused-ring (bicyclic) bond motifs is 1. The quantitative estimate of drug-likeness (QED) is 0.797. The molecule has 1 saturated carbocycles. The molecule has 1 aromatic heterocycles. The fraction of sp³-hybridized carbons (Fsp3) is 0.643. The van der Waals surface area contributed by atoms with Crippen molar-refractivity contribution in [1.29, 1.82) is 0 Å². The number of nitrogens with zero attached hydrogens (tertiary/aromatic N) is 4. The van der Waals surface area contributed by atoms with Gasteiger partial charge in [-0.05, 0) is 18.9 Å². The number of rotatable bonds is 2. The first-order valence-electron chi connectivity index (χ1n) is 7.10. The van der Waals surface area contributed by atoms with E-state index in [1.165, 1.54) is 0 Å². The predicted octanol–water partition coefficient (Wildman–Crippen LogP) is 0.655. The Bertz CT molecular complexity index is 533. The minimum Gasteiger partial charge on any atom is -0.347 e. The molecule has 1 aliphatic heterocycles. The average molecular weight is 276 g/mol. The van der Waals surface area contributed by atoms with Gasteiger partial charge in [-0.15, -0.1) is 0 Å². The number of carbonyl (C=O) groups excluding carboxylic acids is 2. The van der Waals surface area contributed by atoms with E-state index in [4.69, 9.17) is 0 Å². The van der Waals surface area contributed by atoms with Crippen molar-refractivity contribution >= 4 is 11.8 Å². The molecular formula is C14H20N4O2. The smallest absolute Gasteiger partial charge is 0.248 e. The Morgan fingerprint density at radius 3 is 2.70 bits per heavy atom. The van der Waals surface area contributed by atoms with Gasteiger partial charge in [0.2, 0.25) is 11.8 Å². The van der Waals surface area contributed by atoms with Crippen LogP contribution in [-0.2, 0) is 16.1 Å².